The van der Waals surface area contributed by atoms with Gasteiger partial charge < -0.3 is 15.5 Å². The lowest BCUT2D eigenvalue weighted by molar-refractivity contribution is -0.248. The molecular weight excluding hydrogens is 477 g/mol. The molecule has 2 atom stereocenters. The second-order valence-electron chi connectivity index (χ2n) is 8.28. The molecule has 1 aliphatic heterocycles. The molecule has 190 valence electrons. The van der Waals surface area contributed by atoms with E-state index in [1.54, 1.807) is 31.3 Å². The molecule has 1 aliphatic rings. The number of benzene rings is 2. The summed E-state index contributed by atoms with van der Waals surface area (Å²) in [7, 11) is 1.56. The van der Waals surface area contributed by atoms with Gasteiger partial charge in [-0.2, -0.15) is 18.4 Å². The largest absolute Gasteiger partial charge is 0.492 e. The Labute approximate surface area is 206 Å². The Kier molecular flexibility index (Phi) is 8.66. The van der Waals surface area contributed by atoms with Crippen molar-refractivity contribution in [2.45, 2.75) is 43.9 Å². The molecule has 2 N–H and O–H groups in total. The summed E-state index contributed by atoms with van der Waals surface area (Å²) in [4.78, 5) is 40.0. The first-order valence-electron chi connectivity index (χ1n) is 11.3. The van der Waals surface area contributed by atoms with Crippen LogP contribution in [-0.4, -0.2) is 54.7 Å². The van der Waals surface area contributed by atoms with E-state index < -0.39 is 30.1 Å². The molecule has 3 rings (SSSR count). The molecule has 0 aromatic heterocycles. The molecule has 11 heteroatoms. The first kappa shape index (κ1) is 26.7. The molecule has 1 heterocycles. The van der Waals surface area contributed by atoms with Crippen LogP contribution in [0.15, 0.2) is 48.5 Å². The summed E-state index contributed by atoms with van der Waals surface area (Å²) in [5.74, 6) is -3.25. The van der Waals surface area contributed by atoms with Crippen LogP contribution in [0.2, 0.25) is 0 Å². The van der Waals surface area contributed by atoms with Gasteiger partial charge in [-0.05, 0) is 48.1 Å². The summed E-state index contributed by atoms with van der Waals surface area (Å²) in [6, 6.07) is 14.3. The van der Waals surface area contributed by atoms with Gasteiger partial charge in [0.05, 0.1) is 6.07 Å². The Hall–Kier alpha value is -3.91. The number of carbonyl (C=O) groups excluding carboxylic acids is 3. The number of piperidine rings is 1. The van der Waals surface area contributed by atoms with Crippen molar-refractivity contribution < 1.29 is 32.4 Å². The van der Waals surface area contributed by atoms with E-state index in [9.17, 15) is 32.8 Å². The SMILES string of the molecule is CNC(=O)c1ccc(-c2ccc(C[C@@H](C#N)NC(=O)[C@@H]3CCCCN3OC(=O)C(F)(F)F)cc2)cc1. The molecule has 0 spiro atoms. The van der Waals surface area contributed by atoms with Gasteiger partial charge >= 0.3 is 12.1 Å². The fraction of sp³-hybridized carbons (Fsp3) is 0.360. The summed E-state index contributed by atoms with van der Waals surface area (Å²) in [5.41, 5.74) is 3.08. The molecular formula is C25H25F3N4O4. The van der Waals surface area contributed by atoms with Crippen LogP contribution in [0.3, 0.4) is 0 Å². The van der Waals surface area contributed by atoms with Gasteiger partial charge in [0.1, 0.15) is 12.1 Å². The van der Waals surface area contributed by atoms with Crippen molar-refractivity contribution in [2.24, 2.45) is 0 Å². The normalized spacial score (nSPS) is 16.9. The first-order chi connectivity index (χ1) is 17.1. The Morgan fingerprint density at radius 1 is 1.08 bits per heavy atom. The van der Waals surface area contributed by atoms with Gasteiger partial charge in [-0.15, -0.1) is 5.06 Å². The summed E-state index contributed by atoms with van der Waals surface area (Å²) in [6.45, 7) is -0.0112. The van der Waals surface area contributed by atoms with Gasteiger partial charge in [0, 0.05) is 25.6 Å². The van der Waals surface area contributed by atoms with Gasteiger partial charge in [-0.1, -0.05) is 36.4 Å². The molecule has 2 aromatic carbocycles. The minimum Gasteiger partial charge on any atom is -0.360 e. The zero-order valence-electron chi connectivity index (χ0n) is 19.5. The monoisotopic (exact) mass is 502 g/mol. The van der Waals surface area contributed by atoms with Gasteiger partial charge in [0.2, 0.25) is 5.91 Å². The fourth-order valence-electron chi connectivity index (χ4n) is 3.86. The molecule has 0 unspecified atom stereocenters. The number of rotatable bonds is 7. The van der Waals surface area contributed by atoms with E-state index in [1.165, 1.54) is 0 Å². The zero-order valence-corrected chi connectivity index (χ0v) is 19.5. The summed E-state index contributed by atoms with van der Waals surface area (Å²) < 4.78 is 37.7. The molecule has 8 nitrogen and oxygen atoms in total. The van der Waals surface area contributed by atoms with E-state index in [0.29, 0.717) is 18.4 Å². The third kappa shape index (κ3) is 6.82. The maximum Gasteiger partial charge on any atom is 0.492 e. The Morgan fingerprint density at radius 2 is 1.69 bits per heavy atom. The van der Waals surface area contributed by atoms with E-state index in [0.717, 1.165) is 21.8 Å². The smallest absolute Gasteiger partial charge is 0.360 e. The quantitative estimate of drug-likeness (QED) is 0.602. The van der Waals surface area contributed by atoms with Gasteiger partial charge in [-0.25, -0.2) is 4.79 Å². The van der Waals surface area contributed by atoms with Crippen molar-refractivity contribution >= 4 is 17.8 Å². The van der Waals surface area contributed by atoms with Crippen LogP contribution in [0.4, 0.5) is 13.2 Å². The van der Waals surface area contributed by atoms with Crippen molar-refractivity contribution in [3.05, 3.63) is 59.7 Å². The molecule has 0 aliphatic carbocycles. The van der Waals surface area contributed by atoms with Crippen LogP contribution in [-0.2, 0) is 20.8 Å². The van der Waals surface area contributed by atoms with Crippen LogP contribution in [0.5, 0.6) is 0 Å². The maximum atomic E-state index is 12.7. The number of nitrogens with zero attached hydrogens (tertiary/aromatic N) is 2. The highest BCUT2D eigenvalue weighted by atomic mass is 19.4. The predicted molar refractivity (Wildman–Crippen MR) is 123 cm³/mol. The van der Waals surface area contributed by atoms with E-state index in [4.69, 9.17) is 0 Å². The standard InChI is InChI=1S/C25H25F3N4O4/c1-30-22(33)19-11-9-18(10-12-19)17-7-5-16(6-8-17)14-20(15-29)31-23(34)21-4-2-3-13-32(21)36-24(35)25(26,27)28/h5-12,20-21H,2-4,13-14H2,1H3,(H,30,33)(H,31,34)/t20-,21-/m0/s1. The predicted octanol–water partition coefficient (Wildman–Crippen LogP) is 3.14. The summed E-state index contributed by atoms with van der Waals surface area (Å²) >= 11 is 0. The minimum absolute atomic E-state index is 0.0112. The number of carbonyl (C=O) groups is 3. The van der Waals surface area contributed by atoms with Crippen molar-refractivity contribution in [3.63, 3.8) is 0 Å². The number of alkyl halides is 3. The lowest BCUT2D eigenvalue weighted by Gasteiger charge is -2.33. The molecule has 36 heavy (non-hydrogen) atoms. The van der Waals surface area contributed by atoms with Crippen LogP contribution < -0.4 is 10.6 Å². The maximum absolute atomic E-state index is 12.7. The second kappa shape index (κ2) is 11.7. The zero-order chi connectivity index (χ0) is 26.3. The number of hydrogen-bond donors (Lipinski definition) is 2. The second-order valence-corrected chi connectivity index (χ2v) is 8.28. The minimum atomic E-state index is -5.17. The average Bonchev–Trinajstić information content (AvgIpc) is 2.88. The van der Waals surface area contributed by atoms with Crippen LogP contribution >= 0.6 is 0 Å². The average molecular weight is 502 g/mol. The van der Waals surface area contributed by atoms with Crippen LogP contribution in [0.1, 0.15) is 35.2 Å². The topological polar surface area (TPSA) is 112 Å². The van der Waals surface area contributed by atoms with E-state index >= 15 is 0 Å². The van der Waals surface area contributed by atoms with Gasteiger partial charge in [0.25, 0.3) is 5.91 Å². The van der Waals surface area contributed by atoms with Crippen molar-refractivity contribution in [1.82, 2.24) is 15.7 Å². The Bertz CT molecular complexity index is 1130. The summed E-state index contributed by atoms with van der Waals surface area (Å²) in [6.07, 6.45) is -3.76. The first-order valence-corrected chi connectivity index (χ1v) is 11.3. The summed E-state index contributed by atoms with van der Waals surface area (Å²) in [5, 5.41) is 15.4. The van der Waals surface area contributed by atoms with Gasteiger partial charge in [-0.3, -0.25) is 9.59 Å². The van der Waals surface area contributed by atoms with Crippen molar-refractivity contribution in [1.29, 1.82) is 5.26 Å². The van der Waals surface area contributed by atoms with Crippen LogP contribution in [0.25, 0.3) is 11.1 Å². The number of halogens is 3. The molecule has 0 saturated carbocycles. The Balaban J connectivity index is 1.62. The lowest BCUT2D eigenvalue weighted by Crippen LogP contribution is -2.53. The molecule has 0 bridgehead atoms. The van der Waals surface area contributed by atoms with E-state index in [-0.39, 0.29) is 25.3 Å². The van der Waals surface area contributed by atoms with E-state index in [2.05, 4.69) is 15.5 Å². The highest BCUT2D eigenvalue weighted by molar-refractivity contribution is 5.94. The third-order valence-electron chi connectivity index (χ3n) is 5.76. The van der Waals surface area contributed by atoms with Gasteiger partial charge in [0.15, 0.2) is 0 Å². The molecule has 1 fully saturated rings. The highest BCUT2D eigenvalue weighted by Gasteiger charge is 2.44. The fourth-order valence-corrected chi connectivity index (χ4v) is 3.86. The van der Waals surface area contributed by atoms with Crippen molar-refractivity contribution in [3.8, 4) is 17.2 Å². The highest BCUT2D eigenvalue weighted by Crippen LogP contribution is 2.23. The number of amides is 2. The lowest BCUT2D eigenvalue weighted by atomic mass is 9.99. The van der Waals surface area contributed by atoms with E-state index in [1.807, 2.05) is 30.3 Å². The van der Waals surface area contributed by atoms with Crippen LogP contribution in [0, 0.1) is 11.3 Å². The number of nitriles is 1. The Morgan fingerprint density at radius 3 is 2.25 bits per heavy atom. The number of nitrogens with one attached hydrogen (secondary N) is 2. The van der Waals surface area contributed by atoms with Crippen molar-refractivity contribution in [2.75, 3.05) is 13.6 Å². The number of hydrogen-bond acceptors (Lipinski definition) is 6. The molecule has 0 radical (unpaired) electrons. The number of hydroxylamine groups is 2. The molecule has 1 saturated heterocycles. The third-order valence-corrected chi connectivity index (χ3v) is 5.76. The molecule has 2 aromatic rings. The molecule has 2 amide bonds.